The summed E-state index contributed by atoms with van der Waals surface area (Å²) in [6.07, 6.45) is 0. The Hall–Kier alpha value is -1.78. The summed E-state index contributed by atoms with van der Waals surface area (Å²) in [4.78, 5) is 0. The van der Waals surface area contributed by atoms with Crippen molar-refractivity contribution in [2.24, 2.45) is 0 Å². The second kappa shape index (κ2) is 7.20. The van der Waals surface area contributed by atoms with Gasteiger partial charge in [-0.1, -0.05) is 65.3 Å². The molecule has 0 saturated heterocycles. The minimum absolute atomic E-state index is 0.699. The zero-order chi connectivity index (χ0) is 16.2. The first-order valence-electron chi connectivity index (χ1n) is 7.55. The first-order valence-corrected chi connectivity index (χ1v) is 8.92. The number of benzene rings is 2. The molecule has 3 rings (SSSR count). The van der Waals surface area contributed by atoms with E-state index in [-0.39, 0.29) is 0 Å². The fourth-order valence-corrected chi connectivity index (χ4v) is 3.53. The molecule has 3 nitrogen and oxygen atoms in total. The van der Waals surface area contributed by atoms with E-state index in [4.69, 9.17) is 11.6 Å². The van der Waals surface area contributed by atoms with Gasteiger partial charge in [-0.2, -0.15) is 0 Å². The van der Waals surface area contributed by atoms with E-state index in [1.54, 1.807) is 11.8 Å². The second-order valence-corrected chi connectivity index (χ2v) is 6.65. The molecule has 2 aromatic carbocycles. The van der Waals surface area contributed by atoms with Gasteiger partial charge in [-0.3, -0.25) is 0 Å². The molecule has 0 fully saturated rings. The van der Waals surface area contributed by atoms with Crippen LogP contribution in [0.25, 0.3) is 11.4 Å². The summed E-state index contributed by atoms with van der Waals surface area (Å²) in [5.41, 5.74) is 3.48. The van der Waals surface area contributed by atoms with Crippen LogP contribution in [0.5, 0.6) is 0 Å². The van der Waals surface area contributed by atoms with Crippen LogP contribution in [0.1, 0.15) is 18.1 Å². The van der Waals surface area contributed by atoms with E-state index in [9.17, 15) is 0 Å². The predicted octanol–water partition coefficient (Wildman–Crippen LogP) is 5.22. The van der Waals surface area contributed by atoms with Crippen molar-refractivity contribution < 1.29 is 0 Å². The first-order chi connectivity index (χ1) is 11.2. The lowest BCUT2D eigenvalue weighted by Crippen LogP contribution is -2.00. The number of aromatic nitrogens is 3. The largest absolute Gasteiger partial charge is 0.302 e. The lowest BCUT2D eigenvalue weighted by Gasteiger charge is -2.08. The molecule has 23 heavy (non-hydrogen) atoms. The molecule has 1 heterocycles. The van der Waals surface area contributed by atoms with Gasteiger partial charge in [0.05, 0.1) is 5.02 Å². The summed E-state index contributed by atoms with van der Waals surface area (Å²) in [7, 11) is 0. The summed E-state index contributed by atoms with van der Waals surface area (Å²) in [6, 6.07) is 16.3. The molecule has 0 spiro atoms. The van der Waals surface area contributed by atoms with E-state index >= 15 is 0 Å². The SMILES string of the molecule is CCn1c(SCc2ccc(C)cc2)nnc1-c1ccccc1Cl. The molecule has 0 N–H and O–H groups in total. The van der Waals surface area contributed by atoms with Gasteiger partial charge < -0.3 is 4.57 Å². The molecular formula is C18H18ClN3S. The van der Waals surface area contributed by atoms with Gasteiger partial charge >= 0.3 is 0 Å². The van der Waals surface area contributed by atoms with Crippen LogP contribution in [0.3, 0.4) is 0 Å². The van der Waals surface area contributed by atoms with Gasteiger partial charge in [0.2, 0.25) is 0 Å². The summed E-state index contributed by atoms with van der Waals surface area (Å²) in [6.45, 7) is 5.00. The first kappa shape index (κ1) is 16.1. The number of nitrogens with zero attached hydrogens (tertiary/aromatic N) is 3. The fraction of sp³-hybridized carbons (Fsp3) is 0.222. The number of hydrogen-bond donors (Lipinski definition) is 0. The molecule has 0 aliphatic heterocycles. The van der Waals surface area contributed by atoms with E-state index in [0.29, 0.717) is 5.02 Å². The number of rotatable bonds is 5. The third-order valence-corrected chi connectivity index (χ3v) is 5.00. The number of halogens is 1. The van der Waals surface area contributed by atoms with E-state index in [1.807, 2.05) is 24.3 Å². The predicted molar refractivity (Wildman–Crippen MR) is 96.9 cm³/mol. The van der Waals surface area contributed by atoms with Crippen LogP contribution in [0.2, 0.25) is 5.02 Å². The molecule has 0 aliphatic rings. The molecule has 118 valence electrons. The van der Waals surface area contributed by atoms with Crippen molar-refractivity contribution in [2.75, 3.05) is 0 Å². The summed E-state index contributed by atoms with van der Waals surface area (Å²) < 4.78 is 2.11. The van der Waals surface area contributed by atoms with E-state index in [2.05, 4.69) is 52.9 Å². The fourth-order valence-electron chi connectivity index (χ4n) is 2.35. The Balaban J connectivity index is 1.84. The van der Waals surface area contributed by atoms with Gasteiger partial charge in [-0.15, -0.1) is 10.2 Å². The highest BCUT2D eigenvalue weighted by molar-refractivity contribution is 7.98. The van der Waals surface area contributed by atoms with Gasteiger partial charge in [0.25, 0.3) is 0 Å². The highest BCUT2D eigenvalue weighted by Crippen LogP contribution is 2.30. The van der Waals surface area contributed by atoms with Gasteiger partial charge in [-0.05, 0) is 31.5 Å². The van der Waals surface area contributed by atoms with Crippen molar-refractivity contribution >= 4 is 23.4 Å². The Morgan fingerprint density at radius 2 is 1.78 bits per heavy atom. The number of thioether (sulfide) groups is 1. The van der Waals surface area contributed by atoms with Crippen molar-refractivity contribution in [3.05, 3.63) is 64.7 Å². The van der Waals surface area contributed by atoms with Crippen molar-refractivity contribution in [1.29, 1.82) is 0 Å². The van der Waals surface area contributed by atoms with Crippen LogP contribution in [-0.2, 0) is 12.3 Å². The molecule has 0 aliphatic carbocycles. The molecular weight excluding hydrogens is 326 g/mol. The molecule has 0 saturated carbocycles. The second-order valence-electron chi connectivity index (χ2n) is 5.30. The summed E-state index contributed by atoms with van der Waals surface area (Å²) in [5.74, 6) is 1.70. The van der Waals surface area contributed by atoms with Gasteiger partial charge in [-0.25, -0.2) is 0 Å². The van der Waals surface area contributed by atoms with Gasteiger partial charge in [0, 0.05) is 17.9 Å². The molecule has 0 unspecified atom stereocenters. The Morgan fingerprint density at radius 3 is 2.48 bits per heavy atom. The Morgan fingerprint density at radius 1 is 1.04 bits per heavy atom. The van der Waals surface area contributed by atoms with Crippen LogP contribution in [0.4, 0.5) is 0 Å². The maximum Gasteiger partial charge on any atom is 0.191 e. The normalized spacial score (nSPS) is 10.9. The molecule has 0 radical (unpaired) electrons. The highest BCUT2D eigenvalue weighted by atomic mass is 35.5. The Bertz CT molecular complexity index is 796. The van der Waals surface area contributed by atoms with Crippen LogP contribution in [-0.4, -0.2) is 14.8 Å². The third kappa shape index (κ3) is 3.59. The monoisotopic (exact) mass is 343 g/mol. The Kier molecular flexibility index (Phi) is 5.03. The average Bonchev–Trinajstić information content (AvgIpc) is 2.97. The van der Waals surface area contributed by atoms with E-state index < -0.39 is 0 Å². The quantitative estimate of drug-likeness (QED) is 0.595. The third-order valence-electron chi connectivity index (χ3n) is 3.64. The topological polar surface area (TPSA) is 30.7 Å². The average molecular weight is 344 g/mol. The molecule has 0 atom stereocenters. The van der Waals surface area contributed by atoms with E-state index in [0.717, 1.165) is 28.8 Å². The van der Waals surface area contributed by atoms with E-state index in [1.165, 1.54) is 11.1 Å². The van der Waals surface area contributed by atoms with Crippen molar-refractivity contribution in [3.63, 3.8) is 0 Å². The van der Waals surface area contributed by atoms with Crippen molar-refractivity contribution in [2.45, 2.75) is 31.3 Å². The smallest absolute Gasteiger partial charge is 0.191 e. The minimum Gasteiger partial charge on any atom is -0.302 e. The zero-order valence-electron chi connectivity index (χ0n) is 13.2. The number of hydrogen-bond acceptors (Lipinski definition) is 3. The van der Waals surface area contributed by atoms with Crippen LogP contribution < -0.4 is 0 Å². The van der Waals surface area contributed by atoms with Crippen LogP contribution in [0.15, 0.2) is 53.7 Å². The standard InChI is InChI=1S/C18H18ClN3S/c1-3-22-17(15-6-4-5-7-16(15)19)20-21-18(22)23-12-14-10-8-13(2)9-11-14/h4-11H,3,12H2,1-2H3. The number of aryl methyl sites for hydroxylation is 1. The van der Waals surface area contributed by atoms with Crippen molar-refractivity contribution in [3.8, 4) is 11.4 Å². The Labute approximate surface area is 145 Å². The van der Waals surface area contributed by atoms with Gasteiger partial charge in [0.15, 0.2) is 11.0 Å². The van der Waals surface area contributed by atoms with Crippen molar-refractivity contribution in [1.82, 2.24) is 14.8 Å². The lowest BCUT2D eigenvalue weighted by atomic mass is 10.2. The molecule has 3 aromatic rings. The maximum absolute atomic E-state index is 6.30. The lowest BCUT2D eigenvalue weighted by molar-refractivity contribution is 0.687. The van der Waals surface area contributed by atoms with Crippen LogP contribution in [0, 0.1) is 6.92 Å². The maximum atomic E-state index is 6.30. The highest BCUT2D eigenvalue weighted by Gasteiger charge is 2.15. The minimum atomic E-state index is 0.699. The molecule has 5 heteroatoms. The summed E-state index contributed by atoms with van der Waals surface area (Å²) >= 11 is 8.00. The molecule has 0 bridgehead atoms. The summed E-state index contributed by atoms with van der Waals surface area (Å²) in [5, 5.41) is 10.3. The molecule has 1 aromatic heterocycles. The van der Waals surface area contributed by atoms with Crippen LogP contribution >= 0.6 is 23.4 Å². The van der Waals surface area contributed by atoms with Gasteiger partial charge in [0.1, 0.15) is 0 Å². The molecule has 0 amide bonds. The zero-order valence-corrected chi connectivity index (χ0v) is 14.7.